The number of rotatable bonds is 4. The summed E-state index contributed by atoms with van der Waals surface area (Å²) < 4.78 is 14.5. The van der Waals surface area contributed by atoms with E-state index in [2.05, 4.69) is 5.32 Å². The van der Waals surface area contributed by atoms with Crippen LogP contribution >= 0.6 is 0 Å². The van der Waals surface area contributed by atoms with Crippen molar-refractivity contribution in [3.8, 4) is 5.69 Å². The molecule has 3 rings (SSSR count). The molecule has 2 heterocycles. The molecule has 6 nitrogen and oxygen atoms in total. The van der Waals surface area contributed by atoms with Crippen LogP contribution in [0.25, 0.3) is 5.69 Å². The Morgan fingerprint density at radius 2 is 1.86 bits per heavy atom. The lowest BCUT2D eigenvalue weighted by Gasteiger charge is -2.32. The Morgan fingerprint density at radius 3 is 2.54 bits per heavy atom. The van der Waals surface area contributed by atoms with Crippen LogP contribution < -0.4 is 10.9 Å². The van der Waals surface area contributed by atoms with E-state index in [0.29, 0.717) is 24.3 Å². The summed E-state index contributed by atoms with van der Waals surface area (Å²) in [5.41, 5.74) is 0.527. The molecule has 0 bridgehead atoms. The fourth-order valence-electron chi connectivity index (χ4n) is 3.38. The fraction of sp³-hybridized carbons (Fsp3) is 0.381. The van der Waals surface area contributed by atoms with E-state index in [1.54, 1.807) is 4.90 Å². The molecule has 2 aromatic rings. The second-order valence-electron chi connectivity index (χ2n) is 7.36. The van der Waals surface area contributed by atoms with Gasteiger partial charge in [-0.1, -0.05) is 0 Å². The summed E-state index contributed by atoms with van der Waals surface area (Å²) in [4.78, 5) is 39.1. The zero-order valence-corrected chi connectivity index (χ0v) is 16.0. The minimum Gasteiger partial charge on any atom is -0.354 e. The number of piperidine rings is 1. The van der Waals surface area contributed by atoms with Gasteiger partial charge >= 0.3 is 0 Å². The zero-order chi connectivity index (χ0) is 20.3. The number of hydrogen-bond acceptors (Lipinski definition) is 3. The lowest BCUT2D eigenvalue weighted by Crippen LogP contribution is -2.46. The lowest BCUT2D eigenvalue weighted by atomic mass is 9.96. The summed E-state index contributed by atoms with van der Waals surface area (Å²) in [6.07, 6.45) is 2.96. The van der Waals surface area contributed by atoms with Gasteiger partial charge in [0.2, 0.25) is 5.91 Å². The number of carbonyl (C=O) groups excluding carboxylic acids is 2. The predicted molar refractivity (Wildman–Crippen MR) is 104 cm³/mol. The number of nitrogens with zero attached hydrogens (tertiary/aromatic N) is 2. The van der Waals surface area contributed by atoms with Gasteiger partial charge in [-0.3, -0.25) is 19.0 Å². The first-order valence-electron chi connectivity index (χ1n) is 9.43. The number of benzene rings is 1. The first-order valence-corrected chi connectivity index (χ1v) is 9.43. The molecule has 1 aliphatic rings. The first-order chi connectivity index (χ1) is 13.3. The molecule has 1 aromatic heterocycles. The van der Waals surface area contributed by atoms with E-state index < -0.39 is 5.82 Å². The Morgan fingerprint density at radius 1 is 1.14 bits per heavy atom. The quantitative estimate of drug-likeness (QED) is 0.878. The Bertz CT molecular complexity index is 921. The monoisotopic (exact) mass is 385 g/mol. The van der Waals surface area contributed by atoms with Crippen molar-refractivity contribution >= 4 is 11.8 Å². The Labute approximate surface area is 163 Å². The van der Waals surface area contributed by atoms with E-state index >= 15 is 0 Å². The van der Waals surface area contributed by atoms with Crippen molar-refractivity contribution in [3.05, 3.63) is 64.3 Å². The Kier molecular flexibility index (Phi) is 5.92. The molecule has 1 atom stereocenters. The van der Waals surface area contributed by atoms with Crippen LogP contribution in [0.4, 0.5) is 4.39 Å². The summed E-state index contributed by atoms with van der Waals surface area (Å²) in [5.74, 6) is -0.896. The van der Waals surface area contributed by atoms with Crippen molar-refractivity contribution in [1.29, 1.82) is 0 Å². The number of carbonyl (C=O) groups is 2. The average molecular weight is 385 g/mol. The van der Waals surface area contributed by atoms with E-state index in [9.17, 15) is 18.8 Å². The zero-order valence-electron chi connectivity index (χ0n) is 16.0. The summed E-state index contributed by atoms with van der Waals surface area (Å²) in [6.45, 7) is 4.73. The van der Waals surface area contributed by atoms with Gasteiger partial charge in [0.15, 0.2) is 0 Å². The van der Waals surface area contributed by atoms with Crippen LogP contribution in [0.5, 0.6) is 0 Å². The molecule has 1 aromatic carbocycles. The highest BCUT2D eigenvalue weighted by Gasteiger charge is 2.29. The number of hydrogen-bond donors (Lipinski definition) is 1. The van der Waals surface area contributed by atoms with E-state index in [-0.39, 0.29) is 29.3 Å². The predicted octanol–water partition coefficient (Wildman–Crippen LogP) is 2.35. The number of nitrogens with one attached hydrogen (secondary N) is 1. The topological polar surface area (TPSA) is 71.4 Å². The van der Waals surface area contributed by atoms with Gasteiger partial charge in [0.1, 0.15) is 5.82 Å². The van der Waals surface area contributed by atoms with Crippen molar-refractivity contribution < 1.29 is 14.0 Å². The van der Waals surface area contributed by atoms with Crippen molar-refractivity contribution in [2.75, 3.05) is 13.1 Å². The summed E-state index contributed by atoms with van der Waals surface area (Å²) >= 11 is 0. The highest BCUT2D eigenvalue weighted by molar-refractivity contribution is 5.94. The molecule has 1 fully saturated rings. The molecule has 148 valence electrons. The highest BCUT2D eigenvalue weighted by Crippen LogP contribution is 2.19. The van der Waals surface area contributed by atoms with Gasteiger partial charge in [0.25, 0.3) is 11.5 Å². The summed E-state index contributed by atoms with van der Waals surface area (Å²) in [5, 5.41) is 2.90. The lowest BCUT2D eigenvalue weighted by molar-refractivity contribution is -0.126. The highest BCUT2D eigenvalue weighted by atomic mass is 19.1. The van der Waals surface area contributed by atoms with Crippen molar-refractivity contribution in [2.45, 2.75) is 32.7 Å². The van der Waals surface area contributed by atoms with Crippen LogP contribution in [0.1, 0.15) is 37.0 Å². The SMILES string of the molecule is CC(C)NC(=O)C1CCCN(C(=O)c2ccc(=O)n(-c3ccc(F)cc3)c2)C1. The van der Waals surface area contributed by atoms with Crippen molar-refractivity contribution in [1.82, 2.24) is 14.8 Å². The molecule has 1 aliphatic heterocycles. The maximum absolute atomic E-state index is 13.2. The van der Waals surface area contributed by atoms with Crippen LogP contribution in [0.3, 0.4) is 0 Å². The number of aromatic nitrogens is 1. The van der Waals surface area contributed by atoms with Crippen LogP contribution in [-0.2, 0) is 4.79 Å². The van der Waals surface area contributed by atoms with E-state index in [0.717, 1.165) is 12.8 Å². The molecular weight excluding hydrogens is 361 g/mol. The molecule has 0 aliphatic carbocycles. The molecule has 0 radical (unpaired) electrons. The molecule has 0 spiro atoms. The third kappa shape index (κ3) is 4.47. The average Bonchev–Trinajstić information content (AvgIpc) is 2.68. The largest absolute Gasteiger partial charge is 0.354 e. The van der Waals surface area contributed by atoms with Gasteiger partial charge in [0, 0.05) is 37.1 Å². The second-order valence-corrected chi connectivity index (χ2v) is 7.36. The molecule has 0 saturated carbocycles. The van der Waals surface area contributed by atoms with Gasteiger partial charge in [-0.05, 0) is 57.0 Å². The van der Waals surface area contributed by atoms with E-state index in [4.69, 9.17) is 0 Å². The number of likely N-dealkylation sites (tertiary alicyclic amines) is 1. The maximum atomic E-state index is 13.2. The molecule has 1 unspecified atom stereocenters. The standard InChI is InChI=1S/C21H24FN3O3/c1-14(2)23-20(27)15-4-3-11-24(12-15)21(28)16-5-10-19(26)25(13-16)18-8-6-17(22)7-9-18/h5-10,13-15H,3-4,11-12H2,1-2H3,(H,23,27). The smallest absolute Gasteiger partial charge is 0.255 e. The van der Waals surface area contributed by atoms with Gasteiger partial charge in [-0.2, -0.15) is 0 Å². The van der Waals surface area contributed by atoms with Gasteiger partial charge in [-0.25, -0.2) is 4.39 Å². The normalized spacial score (nSPS) is 16.9. The molecule has 1 saturated heterocycles. The minimum absolute atomic E-state index is 0.0382. The van der Waals surface area contributed by atoms with Crippen LogP contribution in [0.2, 0.25) is 0 Å². The van der Waals surface area contributed by atoms with Crippen LogP contribution in [-0.4, -0.2) is 40.4 Å². The summed E-state index contributed by atoms with van der Waals surface area (Å²) in [7, 11) is 0. The third-order valence-electron chi connectivity index (χ3n) is 4.77. The van der Waals surface area contributed by atoms with Crippen LogP contribution in [0, 0.1) is 11.7 Å². The number of pyridine rings is 1. The second kappa shape index (κ2) is 8.37. The summed E-state index contributed by atoms with van der Waals surface area (Å²) in [6, 6.07) is 8.36. The van der Waals surface area contributed by atoms with Crippen LogP contribution in [0.15, 0.2) is 47.4 Å². The Balaban J connectivity index is 1.80. The number of amides is 2. The molecule has 1 N–H and O–H groups in total. The Hall–Kier alpha value is -2.96. The fourth-order valence-corrected chi connectivity index (χ4v) is 3.38. The first kappa shape index (κ1) is 19.8. The van der Waals surface area contributed by atoms with Gasteiger partial charge in [-0.15, -0.1) is 0 Å². The molecule has 7 heteroatoms. The minimum atomic E-state index is -0.400. The van der Waals surface area contributed by atoms with E-state index in [1.807, 2.05) is 13.8 Å². The number of halogens is 1. The molecule has 2 amide bonds. The van der Waals surface area contributed by atoms with Gasteiger partial charge < -0.3 is 10.2 Å². The van der Waals surface area contributed by atoms with Crippen molar-refractivity contribution in [2.24, 2.45) is 5.92 Å². The van der Waals surface area contributed by atoms with Gasteiger partial charge in [0.05, 0.1) is 11.5 Å². The van der Waals surface area contributed by atoms with Crippen molar-refractivity contribution in [3.63, 3.8) is 0 Å². The third-order valence-corrected chi connectivity index (χ3v) is 4.77. The molecular formula is C21H24FN3O3. The maximum Gasteiger partial charge on any atom is 0.255 e. The van der Waals surface area contributed by atoms with E-state index in [1.165, 1.54) is 47.2 Å². The molecule has 28 heavy (non-hydrogen) atoms.